The Bertz CT molecular complexity index is 1020. The van der Waals surface area contributed by atoms with E-state index in [4.69, 9.17) is 0 Å². The molecule has 1 unspecified atom stereocenters. The molecule has 2 aromatic carbocycles. The van der Waals surface area contributed by atoms with E-state index in [1.807, 2.05) is 0 Å². The normalized spacial score (nSPS) is 12.4. The number of aromatic nitrogens is 3. The number of ether oxygens (including phenoxy) is 1. The first-order valence-corrected chi connectivity index (χ1v) is 9.50. The second-order valence-electron chi connectivity index (χ2n) is 5.76. The van der Waals surface area contributed by atoms with E-state index in [0.717, 1.165) is 5.56 Å². The van der Waals surface area contributed by atoms with E-state index in [9.17, 15) is 21.9 Å². The third-order valence-corrected chi connectivity index (χ3v) is 4.20. The zero-order valence-electron chi connectivity index (χ0n) is 14.7. The molecular weight excluding hydrogens is 409 g/mol. The number of benzene rings is 2. The lowest BCUT2D eigenvalue weighted by Gasteiger charge is -2.13. The topological polar surface area (TPSA) is 100 Å². The molecule has 1 heterocycles. The van der Waals surface area contributed by atoms with Gasteiger partial charge in [0.05, 0.1) is 5.56 Å². The van der Waals surface area contributed by atoms with Crippen molar-refractivity contribution < 1.29 is 26.7 Å². The van der Waals surface area contributed by atoms with Crippen molar-refractivity contribution in [2.24, 2.45) is 0 Å². The predicted octanol–water partition coefficient (Wildman–Crippen LogP) is 3.60. The van der Waals surface area contributed by atoms with Crippen molar-refractivity contribution in [1.82, 2.24) is 15.0 Å². The maximum absolute atomic E-state index is 12.6. The molecular formula is C18H14F3N4O3S-. The molecule has 0 spiro atoms. The van der Waals surface area contributed by atoms with Gasteiger partial charge in [-0.2, -0.15) is 4.98 Å². The minimum absolute atomic E-state index is 0.000237. The van der Waals surface area contributed by atoms with E-state index < -0.39 is 23.2 Å². The van der Waals surface area contributed by atoms with Gasteiger partial charge in [-0.25, -0.2) is 9.97 Å². The highest BCUT2D eigenvalue weighted by atomic mass is 32.2. The van der Waals surface area contributed by atoms with Gasteiger partial charge in [0.2, 0.25) is 5.95 Å². The van der Waals surface area contributed by atoms with Crippen LogP contribution in [0.3, 0.4) is 0 Å². The predicted molar refractivity (Wildman–Crippen MR) is 99.2 cm³/mol. The Kier molecular flexibility index (Phi) is 6.39. The summed E-state index contributed by atoms with van der Waals surface area (Å²) in [7, 11) is 0. The van der Waals surface area contributed by atoms with Crippen LogP contribution in [0.2, 0.25) is 0 Å². The zero-order chi connectivity index (χ0) is 20.9. The number of halogens is 3. The number of hydrogen-bond acceptors (Lipinski definition) is 7. The van der Waals surface area contributed by atoms with Crippen molar-refractivity contribution in [3.63, 3.8) is 0 Å². The van der Waals surface area contributed by atoms with Crippen LogP contribution in [0, 0.1) is 0 Å². The molecule has 3 rings (SSSR count). The number of nitrogens with one attached hydrogen (secondary N) is 1. The minimum atomic E-state index is -4.85. The molecule has 0 aliphatic rings. The molecule has 29 heavy (non-hydrogen) atoms. The van der Waals surface area contributed by atoms with E-state index in [2.05, 4.69) is 25.0 Å². The minimum Gasteiger partial charge on any atom is -0.772 e. The quantitative estimate of drug-likeness (QED) is 0.580. The Hall–Kier alpha value is -3.05. The van der Waals surface area contributed by atoms with Gasteiger partial charge in [-0.15, -0.1) is 13.2 Å². The molecule has 0 aliphatic carbocycles. The van der Waals surface area contributed by atoms with Crippen molar-refractivity contribution in [3.05, 3.63) is 60.4 Å². The highest BCUT2D eigenvalue weighted by molar-refractivity contribution is 7.79. The lowest BCUT2D eigenvalue weighted by atomic mass is 10.1. The van der Waals surface area contributed by atoms with Crippen LogP contribution < -0.4 is 10.1 Å². The molecule has 0 saturated heterocycles. The molecule has 7 nitrogen and oxygen atoms in total. The van der Waals surface area contributed by atoms with Gasteiger partial charge in [-0.3, -0.25) is 4.21 Å². The SMILES string of the molecule is O=S([O-])CCc1cccc(Nc2ncnc(-c3ccccc3OC(F)(F)F)n2)c1. The van der Waals surface area contributed by atoms with Gasteiger partial charge in [0.25, 0.3) is 0 Å². The molecule has 1 N–H and O–H groups in total. The molecule has 0 amide bonds. The summed E-state index contributed by atoms with van der Waals surface area (Å²) in [5, 5.41) is 2.93. The summed E-state index contributed by atoms with van der Waals surface area (Å²) in [6, 6.07) is 12.5. The van der Waals surface area contributed by atoms with E-state index in [0.29, 0.717) is 12.1 Å². The first-order chi connectivity index (χ1) is 13.8. The van der Waals surface area contributed by atoms with Gasteiger partial charge in [0.15, 0.2) is 5.82 Å². The number of para-hydroxylation sites is 1. The largest absolute Gasteiger partial charge is 0.772 e. The van der Waals surface area contributed by atoms with Crippen molar-refractivity contribution in [2.45, 2.75) is 12.8 Å². The third kappa shape index (κ3) is 6.22. The second kappa shape index (κ2) is 8.97. The number of hydrogen-bond donors (Lipinski definition) is 1. The van der Waals surface area contributed by atoms with E-state index in [1.165, 1.54) is 24.5 Å². The van der Waals surface area contributed by atoms with Gasteiger partial charge in [0, 0.05) is 11.4 Å². The van der Waals surface area contributed by atoms with Crippen LogP contribution in [0.15, 0.2) is 54.9 Å². The molecule has 3 aromatic rings. The van der Waals surface area contributed by atoms with Crippen LogP contribution in [0.5, 0.6) is 5.75 Å². The highest BCUT2D eigenvalue weighted by Crippen LogP contribution is 2.32. The third-order valence-electron chi connectivity index (χ3n) is 3.67. The molecule has 152 valence electrons. The molecule has 0 saturated carbocycles. The summed E-state index contributed by atoms with van der Waals surface area (Å²) in [4.78, 5) is 12.1. The summed E-state index contributed by atoms with van der Waals surface area (Å²) >= 11 is -2.14. The summed E-state index contributed by atoms with van der Waals surface area (Å²) in [5.41, 5.74) is 1.44. The highest BCUT2D eigenvalue weighted by Gasteiger charge is 2.32. The Labute approximate surface area is 166 Å². The van der Waals surface area contributed by atoms with Gasteiger partial charge in [0.1, 0.15) is 12.1 Å². The molecule has 1 aromatic heterocycles. The number of nitrogens with zero attached hydrogens (tertiary/aromatic N) is 3. The average Bonchev–Trinajstić information content (AvgIpc) is 2.66. The van der Waals surface area contributed by atoms with Crippen molar-refractivity contribution >= 4 is 22.7 Å². The number of alkyl halides is 3. The van der Waals surface area contributed by atoms with Crippen LogP contribution in [0.4, 0.5) is 24.8 Å². The number of anilines is 2. The van der Waals surface area contributed by atoms with Crippen LogP contribution in [0.1, 0.15) is 5.56 Å². The van der Waals surface area contributed by atoms with Crippen LogP contribution in [-0.4, -0.2) is 35.8 Å². The van der Waals surface area contributed by atoms with Crippen molar-refractivity contribution in [2.75, 3.05) is 11.1 Å². The Morgan fingerprint density at radius 3 is 2.66 bits per heavy atom. The Balaban J connectivity index is 1.83. The van der Waals surface area contributed by atoms with Crippen LogP contribution in [0.25, 0.3) is 11.4 Å². The first kappa shape index (κ1) is 20.7. The zero-order valence-corrected chi connectivity index (χ0v) is 15.5. The summed E-state index contributed by atoms with van der Waals surface area (Å²) in [5.74, 6) is -0.318. The maximum atomic E-state index is 12.6. The Morgan fingerprint density at radius 2 is 1.90 bits per heavy atom. The second-order valence-corrected chi connectivity index (χ2v) is 6.78. The van der Waals surface area contributed by atoms with Crippen LogP contribution in [-0.2, 0) is 17.5 Å². The molecule has 0 bridgehead atoms. The smallest absolute Gasteiger partial charge is 0.573 e. The molecule has 0 aliphatic heterocycles. The number of aryl methyl sites for hydroxylation is 1. The number of rotatable bonds is 7. The average molecular weight is 423 g/mol. The molecule has 1 atom stereocenters. The van der Waals surface area contributed by atoms with E-state index >= 15 is 0 Å². The van der Waals surface area contributed by atoms with Gasteiger partial charge < -0.3 is 14.6 Å². The van der Waals surface area contributed by atoms with Crippen molar-refractivity contribution in [1.29, 1.82) is 0 Å². The van der Waals surface area contributed by atoms with Crippen LogP contribution >= 0.6 is 0 Å². The van der Waals surface area contributed by atoms with E-state index in [-0.39, 0.29) is 23.1 Å². The lowest BCUT2D eigenvalue weighted by Crippen LogP contribution is -2.17. The molecule has 0 fully saturated rings. The molecule has 0 radical (unpaired) electrons. The summed E-state index contributed by atoms with van der Waals surface area (Å²) in [6.07, 6.45) is -3.34. The fraction of sp³-hybridized carbons (Fsp3) is 0.167. The molecule has 11 heteroatoms. The van der Waals surface area contributed by atoms with E-state index in [1.54, 1.807) is 30.3 Å². The summed E-state index contributed by atoms with van der Waals surface area (Å²) in [6.45, 7) is 0. The fourth-order valence-corrected chi connectivity index (χ4v) is 2.89. The van der Waals surface area contributed by atoms with Gasteiger partial charge in [-0.05, 0) is 36.2 Å². The summed E-state index contributed by atoms with van der Waals surface area (Å²) < 4.78 is 63.3. The standard InChI is InChI=1S/C18H15F3N4O3S/c19-18(20,21)28-15-7-2-1-6-14(15)16-22-11-23-17(25-16)24-13-5-3-4-12(10-13)8-9-29(26)27/h1-7,10-11H,8-9H2,(H,26,27)(H,22,23,24,25)/p-1. The maximum Gasteiger partial charge on any atom is 0.573 e. The first-order valence-electron chi connectivity index (χ1n) is 8.26. The fourth-order valence-electron chi connectivity index (χ4n) is 2.49. The lowest BCUT2D eigenvalue weighted by molar-refractivity contribution is -0.274. The Morgan fingerprint density at radius 1 is 1.10 bits per heavy atom. The monoisotopic (exact) mass is 423 g/mol. The van der Waals surface area contributed by atoms with Crippen molar-refractivity contribution in [3.8, 4) is 17.1 Å². The van der Waals surface area contributed by atoms with Gasteiger partial charge >= 0.3 is 6.36 Å². The van der Waals surface area contributed by atoms with Gasteiger partial charge in [-0.1, -0.05) is 35.3 Å².